The van der Waals surface area contributed by atoms with Crippen LogP contribution in [0.5, 0.6) is 0 Å². The first-order valence-electron chi connectivity index (χ1n) is 9.29. The van der Waals surface area contributed by atoms with Crippen LogP contribution in [0.1, 0.15) is 0 Å². The Morgan fingerprint density at radius 3 is 1.39 bits per heavy atom. The summed E-state index contributed by atoms with van der Waals surface area (Å²) in [6.07, 6.45) is 0. The fourth-order valence-corrected chi connectivity index (χ4v) is 5.94. The molecule has 4 nitrogen and oxygen atoms in total. The number of hydrogen-bond donors (Lipinski definition) is 2. The summed E-state index contributed by atoms with van der Waals surface area (Å²) < 4.78 is 0. The number of benzene rings is 3. The Bertz CT molecular complexity index is 911. The summed E-state index contributed by atoms with van der Waals surface area (Å²) in [6.45, 7) is 0. The van der Waals surface area contributed by atoms with Crippen molar-refractivity contribution >= 4 is 46.3 Å². The highest BCUT2D eigenvalue weighted by Gasteiger charge is 2.28. The van der Waals surface area contributed by atoms with Crippen molar-refractivity contribution in [3.63, 3.8) is 0 Å². The Balaban J connectivity index is 1.24. The molecule has 0 fully saturated rings. The molecule has 2 heterocycles. The normalized spacial score (nSPS) is 20.1. The van der Waals surface area contributed by atoms with Crippen LogP contribution in [0.15, 0.2) is 82.6 Å². The second-order valence-corrected chi connectivity index (χ2v) is 9.21. The average Bonchev–Trinajstić information content (AvgIpc) is 3.21. The highest BCUT2D eigenvalue weighted by molar-refractivity contribution is 8.00. The first-order chi connectivity index (χ1) is 13.7. The van der Waals surface area contributed by atoms with Crippen molar-refractivity contribution in [1.82, 2.24) is 0 Å². The van der Waals surface area contributed by atoms with Crippen LogP contribution < -0.4 is 20.4 Å². The molecule has 3 aromatic rings. The van der Waals surface area contributed by atoms with Gasteiger partial charge in [-0.15, -0.1) is 0 Å². The summed E-state index contributed by atoms with van der Waals surface area (Å²) in [7, 11) is 4.27. The van der Waals surface area contributed by atoms with Gasteiger partial charge in [-0.3, -0.25) is 0 Å². The van der Waals surface area contributed by atoms with Crippen LogP contribution in [0.4, 0.5) is 22.7 Å². The fraction of sp³-hybridized carbons (Fsp3) is 0.182. The van der Waals surface area contributed by atoms with E-state index in [4.69, 9.17) is 0 Å². The lowest BCUT2D eigenvalue weighted by Crippen LogP contribution is -2.32. The maximum absolute atomic E-state index is 3.63. The van der Waals surface area contributed by atoms with E-state index in [2.05, 4.69) is 107 Å². The van der Waals surface area contributed by atoms with Crippen molar-refractivity contribution in [3.05, 3.63) is 72.8 Å². The minimum Gasteiger partial charge on any atom is -0.356 e. The first-order valence-corrected chi connectivity index (χ1v) is 11.1. The summed E-state index contributed by atoms with van der Waals surface area (Å²) in [4.78, 5) is 7.21. The summed E-state index contributed by atoms with van der Waals surface area (Å²) in [5, 5.41) is 7.25. The van der Waals surface area contributed by atoms with E-state index in [9.17, 15) is 0 Å². The minimum absolute atomic E-state index is 0.210. The van der Waals surface area contributed by atoms with E-state index in [0.29, 0.717) is 0 Å². The second-order valence-electron chi connectivity index (χ2n) is 6.96. The maximum atomic E-state index is 3.63. The molecule has 3 aromatic carbocycles. The molecule has 6 heteroatoms. The number of thioether (sulfide) groups is 2. The van der Waals surface area contributed by atoms with Crippen LogP contribution in [0.3, 0.4) is 0 Å². The van der Waals surface area contributed by atoms with Crippen LogP contribution in [0.25, 0.3) is 0 Å². The lowest BCUT2D eigenvalue weighted by Gasteiger charge is -2.25. The van der Waals surface area contributed by atoms with E-state index >= 15 is 0 Å². The average molecular weight is 407 g/mol. The highest BCUT2D eigenvalue weighted by Crippen LogP contribution is 2.43. The van der Waals surface area contributed by atoms with Crippen LogP contribution in [0, 0.1) is 0 Å². The first kappa shape index (κ1) is 17.6. The Morgan fingerprint density at radius 2 is 1.00 bits per heavy atom. The summed E-state index contributed by atoms with van der Waals surface area (Å²) in [6, 6.07) is 25.7. The van der Waals surface area contributed by atoms with Gasteiger partial charge in [0, 0.05) is 35.3 Å². The molecule has 0 bridgehead atoms. The molecule has 0 spiro atoms. The van der Waals surface area contributed by atoms with Crippen LogP contribution in [-0.4, -0.2) is 25.1 Å². The molecule has 2 aliphatic rings. The molecule has 2 aliphatic heterocycles. The number of para-hydroxylation sites is 2. The number of anilines is 4. The van der Waals surface area contributed by atoms with E-state index in [-0.39, 0.29) is 11.0 Å². The molecule has 0 saturated carbocycles. The Hall–Kier alpha value is -2.44. The maximum Gasteiger partial charge on any atom is 0.152 e. The molecule has 28 heavy (non-hydrogen) atoms. The van der Waals surface area contributed by atoms with Crippen molar-refractivity contribution in [3.8, 4) is 0 Å². The zero-order chi connectivity index (χ0) is 19.1. The van der Waals surface area contributed by atoms with Crippen LogP contribution in [0.2, 0.25) is 0 Å². The van der Waals surface area contributed by atoms with Gasteiger partial charge in [0.15, 0.2) is 11.0 Å². The Labute approximate surface area is 174 Å². The quantitative estimate of drug-likeness (QED) is 0.590. The van der Waals surface area contributed by atoms with Gasteiger partial charge in [0.2, 0.25) is 0 Å². The Kier molecular flexibility index (Phi) is 4.53. The van der Waals surface area contributed by atoms with E-state index < -0.39 is 0 Å². The molecule has 0 amide bonds. The standard InChI is InChI=1S/C22H22N4S2/c1-25-17-7-3-5-9-19(17)27-21(25)23-15-11-13-16(14-12-15)24-22-26(2)18-8-4-6-10-20(18)28-22/h3-14,21-24H,1-2H3. The van der Waals surface area contributed by atoms with E-state index in [1.807, 2.05) is 23.5 Å². The Morgan fingerprint density at radius 1 is 0.607 bits per heavy atom. The van der Waals surface area contributed by atoms with Crippen LogP contribution >= 0.6 is 23.5 Å². The number of hydrogen-bond acceptors (Lipinski definition) is 6. The van der Waals surface area contributed by atoms with Crippen molar-refractivity contribution in [2.24, 2.45) is 0 Å². The number of nitrogens with one attached hydrogen (secondary N) is 2. The van der Waals surface area contributed by atoms with E-state index in [1.54, 1.807) is 0 Å². The molecule has 0 aromatic heterocycles. The smallest absolute Gasteiger partial charge is 0.152 e. The zero-order valence-corrected chi connectivity index (χ0v) is 17.4. The van der Waals surface area contributed by atoms with Crippen LogP contribution in [-0.2, 0) is 0 Å². The highest BCUT2D eigenvalue weighted by atomic mass is 32.2. The topological polar surface area (TPSA) is 30.5 Å². The molecule has 2 unspecified atom stereocenters. The molecule has 142 valence electrons. The molecule has 2 N–H and O–H groups in total. The molecule has 0 radical (unpaired) electrons. The van der Waals surface area contributed by atoms with Gasteiger partial charge in [0.1, 0.15) is 0 Å². The van der Waals surface area contributed by atoms with Gasteiger partial charge in [-0.25, -0.2) is 0 Å². The number of fused-ring (bicyclic) bond motifs is 2. The molecular weight excluding hydrogens is 384 g/mol. The molecule has 0 saturated heterocycles. The zero-order valence-electron chi connectivity index (χ0n) is 15.8. The van der Waals surface area contributed by atoms with Crippen molar-refractivity contribution in [1.29, 1.82) is 0 Å². The van der Waals surface area contributed by atoms with Gasteiger partial charge < -0.3 is 20.4 Å². The van der Waals surface area contributed by atoms with Gasteiger partial charge in [-0.05, 0) is 48.5 Å². The number of rotatable bonds is 4. The van der Waals surface area contributed by atoms with Gasteiger partial charge in [0.25, 0.3) is 0 Å². The van der Waals surface area contributed by atoms with Gasteiger partial charge >= 0.3 is 0 Å². The van der Waals surface area contributed by atoms with E-state index in [0.717, 1.165) is 11.4 Å². The van der Waals surface area contributed by atoms with Gasteiger partial charge in [-0.2, -0.15) is 0 Å². The SMILES string of the molecule is CN1c2ccccc2SC1Nc1ccc(NC2Sc3ccccc3N2C)cc1. The summed E-state index contributed by atoms with van der Waals surface area (Å²) in [5.41, 5.74) is 5.23. The molecule has 2 atom stereocenters. The third-order valence-corrected chi connectivity index (χ3v) is 7.65. The lowest BCUT2D eigenvalue weighted by molar-refractivity contribution is 0.932. The predicted octanol–water partition coefficient (Wildman–Crippen LogP) is 5.56. The number of nitrogens with zero attached hydrogens (tertiary/aromatic N) is 2. The monoisotopic (exact) mass is 406 g/mol. The van der Waals surface area contributed by atoms with Crippen molar-refractivity contribution < 1.29 is 0 Å². The predicted molar refractivity (Wildman–Crippen MR) is 123 cm³/mol. The lowest BCUT2D eigenvalue weighted by atomic mass is 10.2. The van der Waals surface area contributed by atoms with Crippen molar-refractivity contribution in [2.45, 2.75) is 20.8 Å². The third kappa shape index (κ3) is 3.16. The van der Waals surface area contributed by atoms with Gasteiger partial charge in [-0.1, -0.05) is 47.8 Å². The minimum atomic E-state index is 0.210. The summed E-state index contributed by atoms with van der Waals surface area (Å²) >= 11 is 3.70. The molecule has 5 rings (SSSR count). The second kappa shape index (κ2) is 7.18. The fourth-order valence-electron chi connectivity index (χ4n) is 3.55. The summed E-state index contributed by atoms with van der Waals surface area (Å²) in [5.74, 6) is 0. The van der Waals surface area contributed by atoms with Gasteiger partial charge in [0.05, 0.1) is 11.4 Å². The van der Waals surface area contributed by atoms with Crippen molar-refractivity contribution in [2.75, 3.05) is 34.5 Å². The molecular formula is C22H22N4S2. The molecule has 0 aliphatic carbocycles. The van der Waals surface area contributed by atoms with E-state index in [1.165, 1.54) is 21.2 Å². The largest absolute Gasteiger partial charge is 0.356 e. The third-order valence-electron chi connectivity index (χ3n) is 5.14.